The highest BCUT2D eigenvalue weighted by Gasteiger charge is 2.40. The molecule has 1 aliphatic rings. The zero-order valence-electron chi connectivity index (χ0n) is 20.1. The monoisotopic (exact) mass is 502 g/mol. The number of aromatic nitrogens is 3. The highest BCUT2D eigenvalue weighted by Crippen LogP contribution is 2.41. The van der Waals surface area contributed by atoms with Gasteiger partial charge in [-0.1, -0.05) is 0 Å². The summed E-state index contributed by atoms with van der Waals surface area (Å²) in [7, 11) is 1.11. The first-order valence-corrected chi connectivity index (χ1v) is 11.4. The highest BCUT2D eigenvalue weighted by molar-refractivity contribution is 5.78. The summed E-state index contributed by atoms with van der Waals surface area (Å²) in [4.78, 5) is 29.1. The van der Waals surface area contributed by atoms with Crippen LogP contribution in [0.25, 0.3) is 5.65 Å². The lowest BCUT2D eigenvalue weighted by Gasteiger charge is -2.33. The van der Waals surface area contributed by atoms with Crippen LogP contribution in [-0.4, -0.2) is 51.7 Å². The van der Waals surface area contributed by atoms with Crippen LogP contribution in [0, 0.1) is 5.92 Å². The van der Waals surface area contributed by atoms with Crippen LogP contribution in [0.2, 0.25) is 0 Å². The third-order valence-corrected chi connectivity index (χ3v) is 5.89. The van der Waals surface area contributed by atoms with Crippen LogP contribution in [0.15, 0.2) is 18.5 Å². The van der Waals surface area contributed by atoms with E-state index in [1.54, 1.807) is 20.8 Å². The lowest BCUT2D eigenvalue weighted by atomic mass is 9.81. The molecule has 1 saturated carbocycles. The summed E-state index contributed by atoms with van der Waals surface area (Å²) < 4.78 is 65.0. The van der Waals surface area contributed by atoms with Crippen molar-refractivity contribution in [2.24, 2.45) is 5.92 Å². The maximum absolute atomic E-state index is 13.8. The first-order chi connectivity index (χ1) is 16.3. The van der Waals surface area contributed by atoms with Gasteiger partial charge in [0, 0.05) is 19.3 Å². The number of hydrogen-bond acceptors (Lipinski definition) is 6. The molecule has 194 valence electrons. The Morgan fingerprint density at radius 2 is 1.91 bits per heavy atom. The molecule has 8 nitrogen and oxygen atoms in total. The summed E-state index contributed by atoms with van der Waals surface area (Å²) >= 11 is 0. The van der Waals surface area contributed by atoms with Gasteiger partial charge in [-0.3, -0.25) is 4.79 Å². The number of rotatable bonds is 7. The van der Waals surface area contributed by atoms with E-state index >= 15 is 0 Å². The minimum Gasteiger partial charge on any atom is -0.469 e. The zero-order valence-corrected chi connectivity index (χ0v) is 20.1. The van der Waals surface area contributed by atoms with E-state index in [4.69, 9.17) is 4.74 Å². The lowest BCUT2D eigenvalue weighted by molar-refractivity contribution is -0.143. The van der Waals surface area contributed by atoms with Crippen LogP contribution >= 0.6 is 0 Å². The maximum atomic E-state index is 13.8. The standard InChI is InChI=1S/C23H30F4N4O4/c1-22(2,3)35-21(33)30-19(13-5-7-23(26,27)8-6-13)16-12-31-18(29-16)9-14(11-28-31)15(10-17(24)25)20(32)34-4/h9,11-13,15,17,19H,5-8,10H2,1-4H3,(H,30,33). The third-order valence-electron chi connectivity index (χ3n) is 5.89. The number of imidazole rings is 1. The van der Waals surface area contributed by atoms with Crippen molar-refractivity contribution in [1.29, 1.82) is 0 Å². The van der Waals surface area contributed by atoms with Crippen LogP contribution in [0.4, 0.5) is 22.4 Å². The van der Waals surface area contributed by atoms with Crippen molar-refractivity contribution in [3.05, 3.63) is 29.7 Å². The summed E-state index contributed by atoms with van der Waals surface area (Å²) in [5, 5.41) is 6.93. The predicted molar refractivity (Wildman–Crippen MR) is 117 cm³/mol. The summed E-state index contributed by atoms with van der Waals surface area (Å²) in [5.41, 5.74) is 0.0461. The van der Waals surface area contributed by atoms with Crippen LogP contribution < -0.4 is 5.32 Å². The number of nitrogens with one attached hydrogen (secondary N) is 1. The molecule has 1 N–H and O–H groups in total. The van der Waals surface area contributed by atoms with Crippen molar-refractivity contribution in [2.75, 3.05) is 7.11 Å². The number of nitrogens with zero attached hydrogens (tertiary/aromatic N) is 3. The number of alkyl carbamates (subject to hydrolysis) is 1. The molecule has 2 heterocycles. The molecule has 3 rings (SSSR count). The molecule has 0 aliphatic heterocycles. The minimum atomic E-state index is -2.75. The van der Waals surface area contributed by atoms with E-state index in [1.807, 2.05) is 0 Å². The first kappa shape index (κ1) is 26.7. The van der Waals surface area contributed by atoms with Gasteiger partial charge in [-0.2, -0.15) is 5.10 Å². The van der Waals surface area contributed by atoms with Crippen LogP contribution in [0.3, 0.4) is 0 Å². The zero-order chi connectivity index (χ0) is 26.0. The van der Waals surface area contributed by atoms with Crippen molar-refractivity contribution in [3.8, 4) is 0 Å². The molecule has 0 radical (unpaired) electrons. The Morgan fingerprint density at radius 1 is 1.26 bits per heavy atom. The number of fused-ring (bicyclic) bond motifs is 1. The maximum Gasteiger partial charge on any atom is 0.408 e. The van der Waals surface area contributed by atoms with Crippen molar-refractivity contribution in [3.63, 3.8) is 0 Å². The molecule has 1 amide bonds. The Labute approximate surface area is 200 Å². The third kappa shape index (κ3) is 7.04. The Bertz CT molecular complexity index is 1040. The molecule has 12 heteroatoms. The fourth-order valence-electron chi connectivity index (χ4n) is 4.20. The van der Waals surface area contributed by atoms with Gasteiger partial charge < -0.3 is 14.8 Å². The number of amides is 1. The number of carbonyl (C=O) groups excluding carboxylic acids is 2. The van der Waals surface area contributed by atoms with Crippen LogP contribution in [-0.2, 0) is 14.3 Å². The molecule has 2 aromatic rings. The molecule has 35 heavy (non-hydrogen) atoms. The molecule has 0 saturated heterocycles. The molecule has 1 fully saturated rings. The van der Waals surface area contributed by atoms with E-state index in [0.29, 0.717) is 5.69 Å². The topological polar surface area (TPSA) is 94.8 Å². The second-order valence-electron chi connectivity index (χ2n) is 9.78. The Hall–Kier alpha value is -2.92. The van der Waals surface area contributed by atoms with E-state index in [0.717, 1.165) is 7.11 Å². The number of alkyl halides is 4. The Morgan fingerprint density at radius 3 is 2.49 bits per heavy atom. The molecule has 2 atom stereocenters. The first-order valence-electron chi connectivity index (χ1n) is 11.4. The SMILES string of the molecule is COC(=O)C(CC(F)F)c1cnn2cc(C(NC(=O)OC(C)(C)C)C3CCC(F)(F)CC3)nc2c1. The number of methoxy groups -OCH3 is 1. The average Bonchev–Trinajstić information content (AvgIpc) is 3.17. The van der Waals surface area contributed by atoms with Gasteiger partial charge in [-0.05, 0) is 51.2 Å². The molecule has 2 aromatic heterocycles. The Kier molecular flexibility index (Phi) is 7.90. The van der Waals surface area contributed by atoms with Gasteiger partial charge in [0.25, 0.3) is 0 Å². The van der Waals surface area contributed by atoms with E-state index < -0.39 is 48.4 Å². The van der Waals surface area contributed by atoms with Gasteiger partial charge in [0.1, 0.15) is 5.60 Å². The number of ether oxygens (including phenoxy) is 2. The summed E-state index contributed by atoms with van der Waals surface area (Å²) in [6.45, 7) is 5.11. The van der Waals surface area contributed by atoms with Gasteiger partial charge in [0.05, 0.1) is 37.2 Å². The van der Waals surface area contributed by atoms with E-state index in [9.17, 15) is 27.2 Å². The number of carbonyl (C=O) groups is 2. The molecular formula is C23H30F4N4O4. The number of hydrogen-bond donors (Lipinski definition) is 1. The van der Waals surface area contributed by atoms with Gasteiger partial charge in [-0.25, -0.2) is 31.9 Å². The summed E-state index contributed by atoms with van der Waals surface area (Å²) in [6, 6.07) is 0.712. The number of esters is 1. The Balaban J connectivity index is 1.93. The molecule has 1 aliphatic carbocycles. The van der Waals surface area contributed by atoms with Gasteiger partial charge in [0.2, 0.25) is 12.3 Å². The van der Waals surface area contributed by atoms with Crippen molar-refractivity contribution >= 4 is 17.7 Å². The summed E-state index contributed by atoms with van der Waals surface area (Å²) in [5.74, 6) is -5.13. The number of halogens is 4. The second-order valence-corrected chi connectivity index (χ2v) is 9.78. The second kappa shape index (κ2) is 10.4. The smallest absolute Gasteiger partial charge is 0.408 e. The van der Waals surface area contributed by atoms with Gasteiger partial charge >= 0.3 is 12.1 Å². The van der Waals surface area contributed by atoms with Gasteiger partial charge in [-0.15, -0.1) is 0 Å². The highest BCUT2D eigenvalue weighted by atomic mass is 19.3. The molecular weight excluding hydrogens is 472 g/mol. The van der Waals surface area contributed by atoms with E-state index in [2.05, 4.69) is 20.1 Å². The van der Waals surface area contributed by atoms with E-state index in [1.165, 1.54) is 23.0 Å². The van der Waals surface area contributed by atoms with Crippen molar-refractivity contribution in [1.82, 2.24) is 19.9 Å². The lowest BCUT2D eigenvalue weighted by Crippen LogP contribution is -2.40. The fourth-order valence-corrected chi connectivity index (χ4v) is 4.20. The largest absolute Gasteiger partial charge is 0.469 e. The average molecular weight is 503 g/mol. The fraction of sp³-hybridized carbons (Fsp3) is 0.652. The summed E-state index contributed by atoms with van der Waals surface area (Å²) in [6.07, 6.45) is -1.67. The normalized spacial score (nSPS) is 18.3. The minimum absolute atomic E-state index is 0.165. The molecule has 2 unspecified atom stereocenters. The van der Waals surface area contributed by atoms with E-state index in [-0.39, 0.29) is 42.8 Å². The van der Waals surface area contributed by atoms with Crippen molar-refractivity contribution in [2.45, 2.75) is 82.8 Å². The van der Waals surface area contributed by atoms with Crippen LogP contribution in [0.5, 0.6) is 0 Å². The molecule has 0 bridgehead atoms. The van der Waals surface area contributed by atoms with Crippen LogP contribution in [0.1, 0.15) is 76.1 Å². The molecule has 0 spiro atoms. The predicted octanol–water partition coefficient (Wildman–Crippen LogP) is 5.03. The quantitative estimate of drug-likeness (QED) is 0.422. The van der Waals surface area contributed by atoms with Gasteiger partial charge in [0.15, 0.2) is 5.65 Å². The molecule has 0 aromatic carbocycles. The van der Waals surface area contributed by atoms with Crippen molar-refractivity contribution < 1.29 is 36.6 Å².